The van der Waals surface area contributed by atoms with Gasteiger partial charge in [-0.2, -0.15) is 0 Å². The van der Waals surface area contributed by atoms with Crippen LogP contribution in [0.2, 0.25) is 0 Å². The second-order valence-electron chi connectivity index (χ2n) is 7.08. The van der Waals surface area contributed by atoms with Crippen LogP contribution in [0.3, 0.4) is 0 Å². The molecule has 0 saturated carbocycles. The van der Waals surface area contributed by atoms with Crippen molar-refractivity contribution in [3.63, 3.8) is 0 Å². The Morgan fingerprint density at radius 1 is 1.21 bits per heavy atom. The minimum Gasteiger partial charge on any atom is -0.324 e. The minimum absolute atomic E-state index is 0.173. The second-order valence-corrected chi connectivity index (χ2v) is 8.91. The lowest BCUT2D eigenvalue weighted by Gasteiger charge is -2.09. The summed E-state index contributed by atoms with van der Waals surface area (Å²) in [5.41, 5.74) is 0.506. The highest BCUT2D eigenvalue weighted by molar-refractivity contribution is 9.10. The van der Waals surface area contributed by atoms with Crippen molar-refractivity contribution in [3.05, 3.63) is 61.0 Å². The van der Waals surface area contributed by atoms with E-state index in [-0.39, 0.29) is 29.7 Å². The fourth-order valence-corrected chi connectivity index (χ4v) is 4.22. The monoisotopic (exact) mass is 475 g/mol. The first kappa shape index (κ1) is 19.6. The number of carbonyl (C=O) groups excluding carboxylic acids is 1. The van der Waals surface area contributed by atoms with Crippen molar-refractivity contribution in [2.45, 2.75) is 26.9 Å². The van der Waals surface area contributed by atoms with Crippen molar-refractivity contribution in [3.8, 4) is 0 Å². The fraction of sp³-hybridized carbons (Fsp3) is 0.263. The van der Waals surface area contributed by atoms with Crippen LogP contribution in [0, 0.1) is 5.92 Å². The van der Waals surface area contributed by atoms with Crippen molar-refractivity contribution < 1.29 is 4.79 Å². The zero-order valence-corrected chi connectivity index (χ0v) is 18.2. The number of hydrogen-bond acceptors (Lipinski definition) is 5. The third-order valence-corrected chi connectivity index (χ3v) is 5.78. The quantitative estimate of drug-likeness (QED) is 0.480. The summed E-state index contributed by atoms with van der Waals surface area (Å²) in [4.78, 5) is 38.3. The summed E-state index contributed by atoms with van der Waals surface area (Å²) in [6.45, 7) is 4.15. The summed E-state index contributed by atoms with van der Waals surface area (Å²) in [5, 5.41) is 8.84. The van der Waals surface area contributed by atoms with Crippen molar-refractivity contribution in [1.82, 2.24) is 18.7 Å². The molecule has 0 atom stereocenters. The molecule has 0 fully saturated rings. The van der Waals surface area contributed by atoms with Gasteiger partial charge < -0.3 is 5.32 Å². The summed E-state index contributed by atoms with van der Waals surface area (Å²) in [5.74, 6) is 0.0584. The smallest absolute Gasteiger partial charge is 0.324 e. The first-order valence-electron chi connectivity index (χ1n) is 9.00. The van der Waals surface area contributed by atoms with Crippen LogP contribution in [-0.4, -0.2) is 24.7 Å². The van der Waals surface area contributed by atoms with Crippen LogP contribution in [0.15, 0.2) is 49.8 Å². The lowest BCUT2D eigenvalue weighted by molar-refractivity contribution is -0.117. The average molecular weight is 476 g/mol. The topological polar surface area (TPSA) is 90.4 Å². The van der Waals surface area contributed by atoms with Crippen LogP contribution >= 0.6 is 27.3 Å². The molecule has 0 saturated heterocycles. The predicted octanol–water partition coefficient (Wildman–Crippen LogP) is 2.93. The molecule has 150 valence electrons. The molecule has 3 aromatic heterocycles. The van der Waals surface area contributed by atoms with Gasteiger partial charge in [0.2, 0.25) is 11.7 Å². The van der Waals surface area contributed by atoms with E-state index in [9.17, 15) is 14.4 Å². The molecule has 0 unspecified atom stereocenters. The Kier molecular flexibility index (Phi) is 5.13. The molecule has 3 heterocycles. The molecule has 0 aliphatic rings. The van der Waals surface area contributed by atoms with Gasteiger partial charge in [0.05, 0.1) is 5.52 Å². The van der Waals surface area contributed by atoms with Gasteiger partial charge in [0, 0.05) is 16.7 Å². The molecule has 8 nitrogen and oxygen atoms in total. The number of benzene rings is 1. The largest absolute Gasteiger partial charge is 0.352 e. The van der Waals surface area contributed by atoms with E-state index in [0.29, 0.717) is 22.4 Å². The van der Waals surface area contributed by atoms with Gasteiger partial charge >= 0.3 is 5.69 Å². The number of nitrogens with one attached hydrogen (secondary N) is 1. The Morgan fingerprint density at radius 3 is 2.62 bits per heavy atom. The third-order valence-electron chi connectivity index (χ3n) is 4.36. The highest BCUT2D eigenvalue weighted by Crippen LogP contribution is 2.18. The zero-order chi connectivity index (χ0) is 20.7. The van der Waals surface area contributed by atoms with Crippen LogP contribution in [0.5, 0.6) is 0 Å². The van der Waals surface area contributed by atoms with Crippen LogP contribution < -0.4 is 16.6 Å². The van der Waals surface area contributed by atoms with Gasteiger partial charge in [-0.15, -0.1) is 16.4 Å². The molecular weight excluding hydrogens is 458 g/mol. The number of rotatable bonds is 5. The van der Waals surface area contributed by atoms with Crippen molar-refractivity contribution in [2.24, 2.45) is 5.92 Å². The number of thiophene rings is 1. The Labute approximate surface area is 177 Å². The highest BCUT2D eigenvalue weighted by atomic mass is 79.9. The molecule has 29 heavy (non-hydrogen) atoms. The van der Waals surface area contributed by atoms with Gasteiger partial charge in [-0.25, -0.2) is 13.9 Å². The number of carbonyl (C=O) groups is 1. The molecule has 0 aliphatic heterocycles. The van der Waals surface area contributed by atoms with Gasteiger partial charge in [0.1, 0.15) is 11.2 Å². The van der Waals surface area contributed by atoms with E-state index in [1.807, 2.05) is 26.0 Å². The number of aromatic nitrogens is 4. The normalized spacial score (nSPS) is 11.6. The number of amides is 1. The first-order chi connectivity index (χ1) is 13.8. The van der Waals surface area contributed by atoms with Crippen molar-refractivity contribution in [2.75, 3.05) is 5.32 Å². The third kappa shape index (κ3) is 3.65. The summed E-state index contributed by atoms with van der Waals surface area (Å²) >= 11 is 4.63. The Hall–Kier alpha value is -2.72. The van der Waals surface area contributed by atoms with Gasteiger partial charge in [-0.1, -0.05) is 29.8 Å². The molecule has 0 radical (unpaired) electrons. The average Bonchev–Trinajstić information content (AvgIpc) is 3.26. The molecule has 0 aliphatic carbocycles. The van der Waals surface area contributed by atoms with Crippen LogP contribution in [0.25, 0.3) is 16.0 Å². The molecule has 1 amide bonds. The standard InChI is InChI=1S/C19H18BrN5O3S/c1-11(2)9-23-17(27)16-14(7-8-29-16)25-18(23)22-24(19(25)28)10-15(26)21-13-5-3-12(20)4-6-13/h3-8,11H,9-10H2,1-2H3,(H,21,26). The SMILES string of the molecule is CC(C)Cn1c(=O)c2sccc2n2c(=O)n(CC(=O)Nc3ccc(Br)cc3)nc12. The van der Waals surface area contributed by atoms with E-state index in [0.717, 1.165) is 9.15 Å². The van der Waals surface area contributed by atoms with Gasteiger partial charge in [0.25, 0.3) is 5.56 Å². The molecule has 10 heteroatoms. The molecule has 0 bridgehead atoms. The lowest BCUT2D eigenvalue weighted by atomic mass is 10.2. The van der Waals surface area contributed by atoms with Crippen LogP contribution in [0.1, 0.15) is 13.8 Å². The summed E-state index contributed by atoms with van der Waals surface area (Å²) < 4.78 is 5.40. The van der Waals surface area contributed by atoms with E-state index in [4.69, 9.17) is 0 Å². The summed E-state index contributed by atoms with van der Waals surface area (Å²) in [6, 6.07) is 8.85. The minimum atomic E-state index is -0.452. The van der Waals surface area contributed by atoms with Gasteiger partial charge in [0.15, 0.2) is 0 Å². The Morgan fingerprint density at radius 2 is 1.93 bits per heavy atom. The summed E-state index contributed by atoms with van der Waals surface area (Å²) in [6.07, 6.45) is 0. The maximum Gasteiger partial charge on any atom is 0.352 e. The molecule has 1 N–H and O–H groups in total. The molecule has 4 aromatic rings. The fourth-order valence-electron chi connectivity index (χ4n) is 3.14. The van der Waals surface area contributed by atoms with Crippen molar-refractivity contribution in [1.29, 1.82) is 0 Å². The maximum absolute atomic E-state index is 13.0. The van der Waals surface area contributed by atoms with Crippen molar-refractivity contribution >= 4 is 54.9 Å². The van der Waals surface area contributed by atoms with Crippen LogP contribution in [-0.2, 0) is 17.9 Å². The highest BCUT2D eigenvalue weighted by Gasteiger charge is 2.19. The van der Waals surface area contributed by atoms with E-state index in [1.54, 1.807) is 23.6 Å². The number of anilines is 1. The van der Waals surface area contributed by atoms with Crippen LogP contribution in [0.4, 0.5) is 5.69 Å². The Balaban J connectivity index is 1.77. The number of fused-ring (bicyclic) bond motifs is 3. The van der Waals surface area contributed by atoms with E-state index < -0.39 is 5.69 Å². The predicted molar refractivity (Wildman–Crippen MR) is 117 cm³/mol. The molecule has 1 aromatic carbocycles. The second kappa shape index (κ2) is 7.60. The van der Waals surface area contributed by atoms with Gasteiger partial charge in [-0.3, -0.25) is 14.2 Å². The summed E-state index contributed by atoms with van der Waals surface area (Å²) in [7, 11) is 0. The lowest BCUT2D eigenvalue weighted by Crippen LogP contribution is -2.29. The number of hydrogen-bond donors (Lipinski definition) is 1. The molecular formula is C19H18BrN5O3S. The Bertz CT molecular complexity index is 1330. The van der Waals surface area contributed by atoms with E-state index in [2.05, 4.69) is 26.3 Å². The number of nitrogens with zero attached hydrogens (tertiary/aromatic N) is 4. The maximum atomic E-state index is 13.0. The van der Waals surface area contributed by atoms with E-state index >= 15 is 0 Å². The van der Waals surface area contributed by atoms with Gasteiger partial charge in [-0.05, 0) is 41.6 Å². The zero-order valence-electron chi connectivity index (χ0n) is 15.8. The van der Waals surface area contributed by atoms with E-state index in [1.165, 1.54) is 20.3 Å². The number of halogens is 1. The molecule has 4 rings (SSSR count). The molecule has 0 spiro atoms. The first-order valence-corrected chi connectivity index (χ1v) is 10.7.